The van der Waals surface area contributed by atoms with E-state index in [0.717, 1.165) is 5.92 Å². The summed E-state index contributed by atoms with van der Waals surface area (Å²) in [4.78, 5) is 0. The van der Waals surface area contributed by atoms with E-state index in [1.165, 1.54) is 11.5 Å². The molecule has 0 radical (unpaired) electrons. The predicted octanol–water partition coefficient (Wildman–Crippen LogP) is 3.39. The van der Waals surface area contributed by atoms with Gasteiger partial charge in [0, 0.05) is 0 Å². The van der Waals surface area contributed by atoms with E-state index in [1.54, 1.807) is 0 Å². The summed E-state index contributed by atoms with van der Waals surface area (Å²) in [7, 11) is 0.380. The first kappa shape index (κ1) is 11.2. The highest BCUT2D eigenvalue weighted by atomic mass is 32.2. The summed E-state index contributed by atoms with van der Waals surface area (Å²) in [5.74, 6) is 7.55. The fourth-order valence-electron chi connectivity index (χ4n) is 1.14. The van der Waals surface area contributed by atoms with Crippen LogP contribution in [0.1, 0.15) is 34.6 Å². The van der Waals surface area contributed by atoms with Gasteiger partial charge < -0.3 is 0 Å². The van der Waals surface area contributed by atoms with Gasteiger partial charge in [-0.3, -0.25) is 0 Å². The minimum atomic E-state index is 0.380. The van der Waals surface area contributed by atoms with E-state index in [4.69, 9.17) is 0 Å². The highest BCUT2D eigenvalue weighted by Gasteiger charge is 2.11. The molecule has 0 fully saturated rings. The topological polar surface area (TPSA) is 0 Å². The Balaban J connectivity index is 3.71. The van der Waals surface area contributed by atoms with Crippen molar-refractivity contribution in [3.8, 4) is 0 Å². The summed E-state index contributed by atoms with van der Waals surface area (Å²) in [6, 6.07) is 0. The Morgan fingerprint density at radius 2 is 1.73 bits per heavy atom. The summed E-state index contributed by atoms with van der Waals surface area (Å²) >= 11 is 0. The lowest BCUT2D eigenvalue weighted by molar-refractivity contribution is 0.480. The molecule has 0 aromatic rings. The van der Waals surface area contributed by atoms with Crippen LogP contribution in [0.3, 0.4) is 0 Å². The van der Waals surface area contributed by atoms with Crippen LogP contribution >= 0.6 is 10.5 Å². The molecule has 68 valence electrons. The lowest BCUT2D eigenvalue weighted by Gasteiger charge is -2.21. The molecule has 0 rings (SSSR count). The monoisotopic (exact) mass is 174 g/mol. The molecule has 0 saturated heterocycles. The molecular formula is C10H22S. The Kier molecular flexibility index (Phi) is 4.38. The zero-order valence-corrected chi connectivity index (χ0v) is 9.42. The van der Waals surface area contributed by atoms with Crippen molar-refractivity contribution in [2.24, 2.45) is 11.3 Å². The molecule has 0 aliphatic heterocycles. The van der Waals surface area contributed by atoms with Crippen molar-refractivity contribution in [3.05, 3.63) is 0 Å². The molecule has 1 atom stereocenters. The predicted molar refractivity (Wildman–Crippen MR) is 58.7 cm³/mol. The van der Waals surface area contributed by atoms with Gasteiger partial charge in [0.2, 0.25) is 0 Å². The van der Waals surface area contributed by atoms with Crippen LogP contribution < -0.4 is 0 Å². The van der Waals surface area contributed by atoms with Crippen LogP contribution in [-0.2, 0) is 0 Å². The van der Waals surface area contributed by atoms with Gasteiger partial charge >= 0.3 is 0 Å². The van der Waals surface area contributed by atoms with Crippen LogP contribution in [-0.4, -0.2) is 17.4 Å². The Hall–Kier alpha value is 0.220. The fourth-order valence-corrected chi connectivity index (χ4v) is 3.43. The molecule has 0 saturated carbocycles. The molecule has 0 aliphatic rings. The number of rotatable bonds is 3. The first-order valence-corrected chi connectivity index (χ1v) is 6.01. The third-order valence-electron chi connectivity index (χ3n) is 1.21. The molecule has 0 nitrogen and oxygen atoms in total. The SMILES string of the molecule is C=S(CC(C)C)CC(C)(C)C. The van der Waals surface area contributed by atoms with Crippen molar-refractivity contribution in [2.75, 3.05) is 11.5 Å². The Labute approximate surface area is 74.3 Å². The summed E-state index contributed by atoms with van der Waals surface area (Å²) in [6.45, 7) is 11.4. The van der Waals surface area contributed by atoms with Crippen molar-refractivity contribution in [1.82, 2.24) is 0 Å². The van der Waals surface area contributed by atoms with Crippen LogP contribution in [0.25, 0.3) is 0 Å². The van der Waals surface area contributed by atoms with Gasteiger partial charge in [-0.05, 0) is 22.8 Å². The fraction of sp³-hybridized carbons (Fsp3) is 0.900. The van der Waals surface area contributed by atoms with Crippen LogP contribution in [0.5, 0.6) is 0 Å². The third kappa shape index (κ3) is 8.12. The molecule has 0 bridgehead atoms. The molecule has 0 heterocycles. The van der Waals surface area contributed by atoms with E-state index in [-0.39, 0.29) is 0 Å². The first-order chi connectivity index (χ1) is 4.81. The summed E-state index contributed by atoms with van der Waals surface area (Å²) in [6.07, 6.45) is 0. The standard InChI is InChI=1S/C10H22S/c1-9(2)7-11(6)8-10(3,4)5/h9H,6-8H2,1-5H3. The van der Waals surface area contributed by atoms with Crippen molar-refractivity contribution in [3.63, 3.8) is 0 Å². The maximum Gasteiger partial charge on any atom is -0.00738 e. The second kappa shape index (κ2) is 4.30. The molecular weight excluding hydrogens is 152 g/mol. The average Bonchev–Trinajstić information content (AvgIpc) is 1.53. The zero-order valence-electron chi connectivity index (χ0n) is 8.61. The smallest absolute Gasteiger partial charge is 0.00738 e. The van der Waals surface area contributed by atoms with E-state index in [9.17, 15) is 0 Å². The van der Waals surface area contributed by atoms with E-state index in [0.29, 0.717) is 15.9 Å². The molecule has 0 amide bonds. The lowest BCUT2D eigenvalue weighted by atomic mass is 10.0. The molecule has 0 aromatic heterocycles. The van der Waals surface area contributed by atoms with E-state index >= 15 is 0 Å². The molecule has 11 heavy (non-hydrogen) atoms. The minimum Gasteiger partial charge on any atom is -0.192 e. The highest BCUT2D eigenvalue weighted by molar-refractivity contribution is 8.14. The van der Waals surface area contributed by atoms with Gasteiger partial charge in [0.15, 0.2) is 0 Å². The quantitative estimate of drug-likeness (QED) is 0.575. The van der Waals surface area contributed by atoms with Gasteiger partial charge in [0.05, 0.1) is 0 Å². The maximum absolute atomic E-state index is 4.19. The normalized spacial score (nSPS) is 15.5. The highest BCUT2D eigenvalue weighted by Crippen LogP contribution is 2.25. The average molecular weight is 174 g/mol. The maximum atomic E-state index is 4.19. The van der Waals surface area contributed by atoms with Crippen LogP contribution in [0.15, 0.2) is 0 Å². The molecule has 0 aliphatic carbocycles. The third-order valence-corrected chi connectivity index (χ3v) is 3.62. The lowest BCUT2D eigenvalue weighted by Crippen LogP contribution is -2.11. The van der Waals surface area contributed by atoms with Crippen LogP contribution in [0.2, 0.25) is 0 Å². The van der Waals surface area contributed by atoms with Gasteiger partial charge in [0.25, 0.3) is 0 Å². The number of hydrogen-bond donors (Lipinski definition) is 0. The minimum absolute atomic E-state index is 0.380. The second-order valence-corrected chi connectivity index (χ2v) is 6.72. The zero-order chi connectivity index (χ0) is 9.07. The molecule has 0 N–H and O–H groups in total. The number of hydrogen-bond acceptors (Lipinski definition) is 0. The van der Waals surface area contributed by atoms with E-state index < -0.39 is 0 Å². The first-order valence-electron chi connectivity index (χ1n) is 4.28. The Morgan fingerprint density at radius 1 is 1.27 bits per heavy atom. The second-order valence-electron chi connectivity index (χ2n) is 4.88. The van der Waals surface area contributed by atoms with Gasteiger partial charge in [-0.25, -0.2) is 0 Å². The Morgan fingerprint density at radius 3 is 2.00 bits per heavy atom. The van der Waals surface area contributed by atoms with Crippen molar-refractivity contribution >= 4 is 16.4 Å². The van der Waals surface area contributed by atoms with Gasteiger partial charge in [0.1, 0.15) is 0 Å². The van der Waals surface area contributed by atoms with Crippen LogP contribution in [0.4, 0.5) is 0 Å². The van der Waals surface area contributed by atoms with Crippen LogP contribution in [0, 0.1) is 11.3 Å². The largest absolute Gasteiger partial charge is 0.192 e. The van der Waals surface area contributed by atoms with E-state index in [2.05, 4.69) is 40.5 Å². The van der Waals surface area contributed by atoms with Crippen molar-refractivity contribution in [2.45, 2.75) is 34.6 Å². The molecule has 1 heteroatoms. The summed E-state index contributed by atoms with van der Waals surface area (Å²) < 4.78 is 0. The Bertz CT molecular complexity index is 128. The van der Waals surface area contributed by atoms with Crippen molar-refractivity contribution in [1.29, 1.82) is 0 Å². The molecule has 0 spiro atoms. The van der Waals surface area contributed by atoms with Gasteiger partial charge in [-0.1, -0.05) is 40.5 Å². The molecule has 1 unspecified atom stereocenters. The molecule has 0 aromatic carbocycles. The van der Waals surface area contributed by atoms with Gasteiger partial charge in [-0.2, -0.15) is 10.5 Å². The summed E-state index contributed by atoms with van der Waals surface area (Å²) in [5.41, 5.74) is 0.458. The summed E-state index contributed by atoms with van der Waals surface area (Å²) in [5, 5.41) is 0. The van der Waals surface area contributed by atoms with Gasteiger partial charge in [-0.15, -0.1) is 0 Å². The van der Waals surface area contributed by atoms with E-state index in [1.807, 2.05) is 0 Å². The van der Waals surface area contributed by atoms with Crippen molar-refractivity contribution < 1.29 is 0 Å².